The highest BCUT2D eigenvalue weighted by Gasteiger charge is 2.05. The van der Waals surface area contributed by atoms with Gasteiger partial charge in [0.25, 0.3) is 0 Å². The van der Waals surface area contributed by atoms with Crippen LogP contribution in [0.25, 0.3) is 0 Å². The van der Waals surface area contributed by atoms with Crippen LogP contribution < -0.4 is 10.1 Å². The molecule has 2 aromatic rings. The number of halogens is 1. The Bertz CT molecular complexity index is 683. The second kappa shape index (κ2) is 6.93. The van der Waals surface area contributed by atoms with E-state index in [1.165, 1.54) is 0 Å². The third-order valence-electron chi connectivity index (χ3n) is 2.75. The molecule has 108 valence electrons. The number of anilines is 2. The Balaban J connectivity index is 2.17. The van der Waals surface area contributed by atoms with Crippen molar-refractivity contribution in [1.82, 2.24) is 4.98 Å². The molecular formula is C15H14ClN3O2. The number of hydrogen-bond donors (Lipinski definition) is 2. The van der Waals surface area contributed by atoms with Gasteiger partial charge in [-0.1, -0.05) is 11.6 Å². The highest BCUT2D eigenvalue weighted by molar-refractivity contribution is 6.31. The Labute approximate surface area is 127 Å². The van der Waals surface area contributed by atoms with Crippen LogP contribution in [0.4, 0.5) is 11.5 Å². The lowest BCUT2D eigenvalue weighted by molar-refractivity contribution is 0.200. The maximum absolute atomic E-state index is 8.91. The summed E-state index contributed by atoms with van der Waals surface area (Å²) in [7, 11) is 0. The second-order valence-corrected chi connectivity index (χ2v) is 4.72. The predicted octanol–water partition coefficient (Wildman–Crippen LogP) is 3.03. The summed E-state index contributed by atoms with van der Waals surface area (Å²) in [5.41, 5.74) is 1.94. The lowest BCUT2D eigenvalue weighted by Crippen LogP contribution is -2.03. The molecule has 0 fully saturated rings. The number of benzene rings is 1. The quantitative estimate of drug-likeness (QED) is 0.887. The minimum Gasteiger partial charge on any atom is -0.491 e. The highest BCUT2D eigenvalue weighted by atomic mass is 35.5. The van der Waals surface area contributed by atoms with Crippen molar-refractivity contribution in [3.05, 3.63) is 46.6 Å². The van der Waals surface area contributed by atoms with Gasteiger partial charge in [0.2, 0.25) is 0 Å². The van der Waals surface area contributed by atoms with Crippen molar-refractivity contribution in [2.75, 3.05) is 18.5 Å². The van der Waals surface area contributed by atoms with Gasteiger partial charge in [0, 0.05) is 5.69 Å². The van der Waals surface area contributed by atoms with Gasteiger partial charge in [-0.15, -0.1) is 0 Å². The summed E-state index contributed by atoms with van der Waals surface area (Å²) in [4.78, 5) is 4.12. The number of nitriles is 1. The summed E-state index contributed by atoms with van der Waals surface area (Å²) in [5, 5.41) is 21.1. The second-order valence-electron chi connectivity index (χ2n) is 4.32. The zero-order valence-corrected chi connectivity index (χ0v) is 12.2. The molecule has 2 rings (SSSR count). The smallest absolute Gasteiger partial charge is 0.161 e. The number of aryl methyl sites for hydroxylation is 1. The van der Waals surface area contributed by atoms with Crippen molar-refractivity contribution in [3.63, 3.8) is 0 Å². The van der Waals surface area contributed by atoms with E-state index in [2.05, 4.69) is 10.3 Å². The number of pyridine rings is 1. The van der Waals surface area contributed by atoms with E-state index in [1.54, 1.807) is 12.1 Å². The Morgan fingerprint density at radius 3 is 2.86 bits per heavy atom. The first-order valence-electron chi connectivity index (χ1n) is 6.32. The molecule has 0 aliphatic carbocycles. The molecule has 0 aliphatic heterocycles. The van der Waals surface area contributed by atoms with Gasteiger partial charge in [-0.3, -0.25) is 0 Å². The van der Waals surface area contributed by atoms with Crippen LogP contribution in [0.15, 0.2) is 30.3 Å². The number of hydrogen-bond acceptors (Lipinski definition) is 5. The molecule has 0 amide bonds. The van der Waals surface area contributed by atoms with Gasteiger partial charge in [-0.2, -0.15) is 5.26 Å². The van der Waals surface area contributed by atoms with Crippen LogP contribution >= 0.6 is 11.6 Å². The first kappa shape index (κ1) is 15.1. The van der Waals surface area contributed by atoms with Crippen LogP contribution in [0, 0.1) is 18.3 Å². The third-order valence-corrected chi connectivity index (χ3v) is 3.05. The van der Waals surface area contributed by atoms with E-state index in [0.717, 1.165) is 17.0 Å². The lowest BCUT2D eigenvalue weighted by Gasteiger charge is -2.11. The van der Waals surface area contributed by atoms with Crippen LogP contribution in [0.2, 0.25) is 5.02 Å². The fourth-order valence-corrected chi connectivity index (χ4v) is 1.93. The molecule has 0 aliphatic rings. The first-order chi connectivity index (χ1) is 10.1. The molecular weight excluding hydrogens is 290 g/mol. The molecule has 0 spiro atoms. The molecule has 0 bridgehead atoms. The van der Waals surface area contributed by atoms with Gasteiger partial charge in [-0.05, 0) is 42.8 Å². The normalized spacial score (nSPS) is 10.0. The summed E-state index contributed by atoms with van der Waals surface area (Å²) < 4.78 is 5.39. The monoisotopic (exact) mass is 303 g/mol. The molecule has 1 heterocycles. The zero-order valence-electron chi connectivity index (χ0n) is 11.4. The first-order valence-corrected chi connectivity index (χ1v) is 6.70. The number of aliphatic hydroxyl groups is 1. The minimum atomic E-state index is -0.0227. The predicted molar refractivity (Wildman–Crippen MR) is 81.0 cm³/mol. The number of nitrogens with one attached hydrogen (secondary N) is 1. The Morgan fingerprint density at radius 1 is 1.38 bits per heavy atom. The molecule has 6 heteroatoms. The van der Waals surface area contributed by atoms with Crippen LogP contribution in [0.3, 0.4) is 0 Å². The molecule has 5 nitrogen and oxygen atoms in total. The Hall–Kier alpha value is -2.29. The van der Waals surface area contributed by atoms with E-state index in [9.17, 15) is 0 Å². The average Bonchev–Trinajstić information content (AvgIpc) is 2.48. The van der Waals surface area contributed by atoms with Gasteiger partial charge in [-0.25, -0.2) is 4.98 Å². The maximum atomic E-state index is 8.91. The van der Waals surface area contributed by atoms with E-state index in [-0.39, 0.29) is 18.9 Å². The van der Waals surface area contributed by atoms with Crippen molar-refractivity contribution >= 4 is 23.1 Å². The van der Waals surface area contributed by atoms with Crippen LogP contribution in [0.5, 0.6) is 5.75 Å². The third kappa shape index (κ3) is 3.85. The largest absolute Gasteiger partial charge is 0.491 e. The van der Waals surface area contributed by atoms with E-state index in [4.69, 9.17) is 26.7 Å². The van der Waals surface area contributed by atoms with Gasteiger partial charge >= 0.3 is 0 Å². The summed E-state index contributed by atoms with van der Waals surface area (Å²) in [6.45, 7) is 2.15. The Kier molecular flexibility index (Phi) is 4.99. The SMILES string of the molecule is Cc1cc(Nc2ccc(Cl)c(C#N)n2)ccc1OCCO. The van der Waals surface area contributed by atoms with Crippen LogP contribution in [0.1, 0.15) is 11.3 Å². The van der Waals surface area contributed by atoms with Gasteiger partial charge in [0.05, 0.1) is 11.6 Å². The minimum absolute atomic E-state index is 0.0227. The molecule has 2 N–H and O–H groups in total. The maximum Gasteiger partial charge on any atom is 0.161 e. The van der Waals surface area contributed by atoms with E-state index < -0.39 is 0 Å². The van der Waals surface area contributed by atoms with Crippen molar-refractivity contribution in [1.29, 1.82) is 5.26 Å². The summed E-state index contributed by atoms with van der Waals surface area (Å²) in [5.74, 6) is 1.26. The summed E-state index contributed by atoms with van der Waals surface area (Å²) in [6, 6.07) is 10.8. The fraction of sp³-hybridized carbons (Fsp3) is 0.200. The van der Waals surface area contributed by atoms with Crippen molar-refractivity contribution in [3.8, 4) is 11.8 Å². The van der Waals surface area contributed by atoms with Gasteiger partial charge in [0.1, 0.15) is 24.2 Å². The fourth-order valence-electron chi connectivity index (χ4n) is 1.78. The van der Waals surface area contributed by atoms with Crippen molar-refractivity contribution in [2.24, 2.45) is 0 Å². The van der Waals surface area contributed by atoms with E-state index >= 15 is 0 Å². The molecule has 1 aromatic heterocycles. The van der Waals surface area contributed by atoms with Crippen molar-refractivity contribution in [2.45, 2.75) is 6.92 Å². The average molecular weight is 304 g/mol. The zero-order chi connectivity index (χ0) is 15.2. The molecule has 1 aromatic carbocycles. The van der Waals surface area contributed by atoms with Gasteiger partial charge < -0.3 is 15.2 Å². The molecule has 0 radical (unpaired) electrons. The topological polar surface area (TPSA) is 78.2 Å². The van der Waals surface area contributed by atoms with Gasteiger partial charge in [0.15, 0.2) is 5.69 Å². The molecule has 0 saturated carbocycles. The molecule has 0 unspecified atom stereocenters. The van der Waals surface area contributed by atoms with E-state index in [1.807, 2.05) is 31.2 Å². The number of ether oxygens (including phenoxy) is 1. The number of rotatable bonds is 5. The Morgan fingerprint density at radius 2 is 2.19 bits per heavy atom. The van der Waals surface area contributed by atoms with Crippen LogP contribution in [-0.4, -0.2) is 23.3 Å². The summed E-state index contributed by atoms with van der Waals surface area (Å²) in [6.07, 6.45) is 0. The standard InChI is InChI=1S/C15H14ClN3O2/c1-10-8-11(2-4-14(10)21-7-6-20)18-15-5-3-12(16)13(9-17)19-15/h2-5,8,20H,6-7H2,1H3,(H,18,19). The summed E-state index contributed by atoms with van der Waals surface area (Å²) >= 11 is 5.84. The molecule has 0 saturated heterocycles. The number of aromatic nitrogens is 1. The molecule has 0 atom stereocenters. The number of nitrogens with zero attached hydrogens (tertiary/aromatic N) is 2. The van der Waals surface area contributed by atoms with Crippen molar-refractivity contribution < 1.29 is 9.84 Å². The molecule has 21 heavy (non-hydrogen) atoms. The number of aliphatic hydroxyl groups excluding tert-OH is 1. The van der Waals surface area contributed by atoms with Crippen LogP contribution in [-0.2, 0) is 0 Å². The lowest BCUT2D eigenvalue weighted by atomic mass is 10.2. The highest BCUT2D eigenvalue weighted by Crippen LogP contribution is 2.25. The van der Waals surface area contributed by atoms with E-state index in [0.29, 0.717) is 10.8 Å².